The van der Waals surface area contributed by atoms with Gasteiger partial charge in [0.1, 0.15) is 0 Å². The summed E-state index contributed by atoms with van der Waals surface area (Å²) in [6.45, 7) is 5.22. The Morgan fingerprint density at radius 3 is 2.41 bits per heavy atom. The van der Waals surface area contributed by atoms with Crippen LogP contribution in [0.3, 0.4) is 0 Å². The van der Waals surface area contributed by atoms with Crippen molar-refractivity contribution >= 4 is 23.2 Å². The van der Waals surface area contributed by atoms with Crippen molar-refractivity contribution in [2.24, 2.45) is 11.8 Å². The lowest BCUT2D eigenvalue weighted by molar-refractivity contribution is 0.0517. The van der Waals surface area contributed by atoms with Crippen LogP contribution in [0.25, 0.3) is 0 Å². The summed E-state index contributed by atoms with van der Waals surface area (Å²) in [6.07, 6.45) is 8.14. The molecular formula is C26H33N3O2S. The SMILES string of the molecule is Cc1ccc(C(=O)N2CCC3CCCCC3C2)c(C2CCN(C(=O)c3cccs3)CC2)n1. The van der Waals surface area contributed by atoms with E-state index in [0.717, 1.165) is 73.2 Å². The Morgan fingerprint density at radius 1 is 0.906 bits per heavy atom. The third kappa shape index (κ3) is 4.34. The van der Waals surface area contributed by atoms with Gasteiger partial charge in [-0.3, -0.25) is 14.6 Å². The van der Waals surface area contributed by atoms with E-state index in [2.05, 4.69) is 4.90 Å². The second-order valence-electron chi connectivity index (χ2n) is 9.77. The van der Waals surface area contributed by atoms with Gasteiger partial charge < -0.3 is 9.80 Å². The van der Waals surface area contributed by atoms with E-state index in [9.17, 15) is 9.59 Å². The number of carbonyl (C=O) groups excluding carboxylic acids is 2. The molecule has 1 aliphatic carbocycles. The van der Waals surface area contributed by atoms with Gasteiger partial charge in [0.15, 0.2) is 0 Å². The van der Waals surface area contributed by atoms with Crippen LogP contribution in [0.2, 0.25) is 0 Å². The number of aryl methyl sites for hydroxylation is 1. The van der Waals surface area contributed by atoms with Crippen molar-refractivity contribution in [1.82, 2.24) is 14.8 Å². The van der Waals surface area contributed by atoms with E-state index in [-0.39, 0.29) is 17.7 Å². The summed E-state index contributed by atoms with van der Waals surface area (Å²) in [7, 11) is 0. The zero-order valence-corrected chi connectivity index (χ0v) is 19.8. The number of thiophene rings is 1. The quantitative estimate of drug-likeness (QED) is 0.651. The number of fused-ring (bicyclic) bond motifs is 1. The van der Waals surface area contributed by atoms with Crippen molar-refractivity contribution in [2.75, 3.05) is 26.2 Å². The van der Waals surface area contributed by atoms with E-state index in [1.165, 1.54) is 37.0 Å². The maximum atomic E-state index is 13.6. The lowest BCUT2D eigenvalue weighted by Crippen LogP contribution is -2.45. The zero-order valence-electron chi connectivity index (χ0n) is 19.0. The average Bonchev–Trinajstić information content (AvgIpc) is 3.38. The molecule has 0 radical (unpaired) electrons. The molecule has 6 heteroatoms. The molecule has 0 aromatic carbocycles. The van der Waals surface area contributed by atoms with E-state index < -0.39 is 0 Å². The van der Waals surface area contributed by atoms with Gasteiger partial charge in [-0.05, 0) is 68.0 Å². The molecule has 2 atom stereocenters. The standard InChI is InChI=1S/C26H33N3O2S/c1-18-8-9-22(25(30)29-15-10-19-5-2-3-6-21(19)17-29)24(27-18)20-11-13-28(14-12-20)26(31)23-7-4-16-32-23/h4,7-9,16,19-21H,2-3,5-6,10-15,17H2,1H3. The molecule has 3 aliphatic rings. The molecule has 1 saturated carbocycles. The molecule has 5 rings (SSSR count). The third-order valence-corrected chi connectivity index (χ3v) is 8.63. The number of hydrogen-bond donors (Lipinski definition) is 0. The van der Waals surface area contributed by atoms with Crippen molar-refractivity contribution < 1.29 is 9.59 Å². The summed E-state index contributed by atoms with van der Waals surface area (Å²) in [5.74, 6) is 2.01. The van der Waals surface area contributed by atoms with Crippen LogP contribution in [0, 0.1) is 18.8 Å². The fraction of sp³-hybridized carbons (Fsp3) is 0.577. The first-order valence-corrected chi connectivity index (χ1v) is 13.1. The van der Waals surface area contributed by atoms with Crippen molar-refractivity contribution in [3.63, 3.8) is 0 Å². The van der Waals surface area contributed by atoms with Gasteiger partial charge in [0.2, 0.25) is 0 Å². The molecule has 2 aliphatic heterocycles. The average molecular weight is 452 g/mol. The molecule has 3 fully saturated rings. The molecular weight excluding hydrogens is 418 g/mol. The van der Waals surface area contributed by atoms with E-state index in [1.54, 1.807) is 0 Å². The Balaban J connectivity index is 1.30. The maximum Gasteiger partial charge on any atom is 0.263 e. The largest absolute Gasteiger partial charge is 0.338 e. The van der Waals surface area contributed by atoms with Crippen molar-refractivity contribution in [3.8, 4) is 0 Å². The molecule has 5 nitrogen and oxygen atoms in total. The van der Waals surface area contributed by atoms with E-state index >= 15 is 0 Å². The van der Waals surface area contributed by atoms with Crippen molar-refractivity contribution in [1.29, 1.82) is 0 Å². The number of hydrogen-bond acceptors (Lipinski definition) is 4. The molecule has 0 spiro atoms. The van der Waals surface area contributed by atoms with Crippen LogP contribution in [0.1, 0.15) is 82.3 Å². The Hall–Kier alpha value is -2.21. The topological polar surface area (TPSA) is 53.5 Å². The summed E-state index contributed by atoms with van der Waals surface area (Å²) >= 11 is 1.50. The molecule has 2 amide bonds. The maximum absolute atomic E-state index is 13.6. The molecule has 2 aromatic rings. The number of amides is 2. The van der Waals surface area contributed by atoms with Crippen LogP contribution < -0.4 is 0 Å². The summed E-state index contributed by atoms with van der Waals surface area (Å²) in [5, 5.41) is 1.95. The Bertz CT molecular complexity index is 965. The minimum Gasteiger partial charge on any atom is -0.338 e. The first kappa shape index (κ1) is 21.6. The highest BCUT2D eigenvalue weighted by atomic mass is 32.1. The number of carbonyl (C=O) groups is 2. The fourth-order valence-corrected chi connectivity index (χ4v) is 6.63. The van der Waals surface area contributed by atoms with Crippen LogP contribution in [0.5, 0.6) is 0 Å². The highest BCUT2D eigenvalue weighted by Gasteiger charge is 2.35. The van der Waals surface area contributed by atoms with E-state index in [1.807, 2.05) is 41.5 Å². The number of pyridine rings is 1. The predicted molar refractivity (Wildman–Crippen MR) is 127 cm³/mol. The number of likely N-dealkylation sites (tertiary alicyclic amines) is 2. The molecule has 0 bridgehead atoms. The van der Waals surface area contributed by atoms with Crippen molar-refractivity contribution in [3.05, 3.63) is 51.5 Å². The lowest BCUT2D eigenvalue weighted by atomic mass is 9.75. The lowest BCUT2D eigenvalue weighted by Gasteiger charge is -2.41. The normalized spacial score (nSPS) is 24.3. The molecule has 2 unspecified atom stereocenters. The van der Waals surface area contributed by atoms with Crippen LogP contribution in [0.4, 0.5) is 0 Å². The monoisotopic (exact) mass is 451 g/mol. The number of nitrogens with zero attached hydrogens (tertiary/aromatic N) is 3. The van der Waals surface area contributed by atoms with Crippen molar-refractivity contribution in [2.45, 2.75) is 57.8 Å². The Kier molecular flexibility index (Phi) is 6.31. The number of piperidine rings is 2. The highest BCUT2D eigenvalue weighted by Crippen LogP contribution is 2.37. The minimum atomic E-state index is 0.127. The zero-order chi connectivity index (χ0) is 22.1. The molecule has 32 heavy (non-hydrogen) atoms. The fourth-order valence-electron chi connectivity index (χ4n) is 5.94. The third-order valence-electron chi connectivity index (χ3n) is 7.77. The molecule has 2 aromatic heterocycles. The van der Waals surface area contributed by atoms with Crippen LogP contribution in [-0.2, 0) is 0 Å². The van der Waals surface area contributed by atoms with Gasteiger partial charge in [-0.15, -0.1) is 11.3 Å². The van der Waals surface area contributed by atoms with Gasteiger partial charge in [0, 0.05) is 37.8 Å². The summed E-state index contributed by atoms with van der Waals surface area (Å²) in [6, 6.07) is 7.79. The molecule has 2 saturated heterocycles. The van der Waals surface area contributed by atoms with E-state index in [0.29, 0.717) is 5.92 Å². The van der Waals surface area contributed by atoms with Gasteiger partial charge >= 0.3 is 0 Å². The number of aromatic nitrogens is 1. The highest BCUT2D eigenvalue weighted by molar-refractivity contribution is 7.12. The smallest absolute Gasteiger partial charge is 0.263 e. The van der Waals surface area contributed by atoms with Gasteiger partial charge in [0.05, 0.1) is 16.1 Å². The summed E-state index contributed by atoms with van der Waals surface area (Å²) in [4.78, 5) is 36.0. The number of rotatable bonds is 3. The molecule has 4 heterocycles. The molecule has 170 valence electrons. The second-order valence-corrected chi connectivity index (χ2v) is 10.7. The van der Waals surface area contributed by atoms with Crippen LogP contribution in [-0.4, -0.2) is 52.8 Å². The predicted octanol–water partition coefficient (Wildman–Crippen LogP) is 5.12. The molecule has 0 N–H and O–H groups in total. The minimum absolute atomic E-state index is 0.127. The summed E-state index contributed by atoms with van der Waals surface area (Å²) < 4.78 is 0. The van der Waals surface area contributed by atoms with Gasteiger partial charge in [-0.2, -0.15) is 0 Å². The van der Waals surface area contributed by atoms with Crippen LogP contribution in [0.15, 0.2) is 29.6 Å². The summed E-state index contributed by atoms with van der Waals surface area (Å²) in [5.41, 5.74) is 2.69. The van der Waals surface area contributed by atoms with Gasteiger partial charge in [-0.1, -0.05) is 25.3 Å². The van der Waals surface area contributed by atoms with Gasteiger partial charge in [-0.25, -0.2) is 0 Å². The van der Waals surface area contributed by atoms with E-state index in [4.69, 9.17) is 4.98 Å². The first-order chi connectivity index (χ1) is 15.6. The van der Waals surface area contributed by atoms with Gasteiger partial charge in [0.25, 0.3) is 11.8 Å². The second kappa shape index (κ2) is 9.34. The first-order valence-electron chi connectivity index (χ1n) is 12.2. The Labute approximate surface area is 194 Å². The Morgan fingerprint density at radius 2 is 1.66 bits per heavy atom. The van der Waals surface area contributed by atoms with Crippen LogP contribution >= 0.6 is 11.3 Å².